The number of ether oxygens (including phenoxy) is 1. The van der Waals surface area contributed by atoms with E-state index in [2.05, 4.69) is 0 Å². The quantitative estimate of drug-likeness (QED) is 0.820. The largest absolute Gasteiger partial charge is 0.497 e. The van der Waals surface area contributed by atoms with Crippen LogP contribution in [0.2, 0.25) is 0 Å². The number of carboxylic acid groups (broad SMARTS) is 1. The molecule has 1 fully saturated rings. The van der Waals surface area contributed by atoms with E-state index in [1.165, 1.54) is 4.90 Å². The second-order valence-electron chi connectivity index (χ2n) is 4.67. The van der Waals surface area contributed by atoms with Crippen molar-refractivity contribution in [2.45, 2.75) is 12.0 Å². The highest BCUT2D eigenvalue weighted by atomic mass is 16.5. The van der Waals surface area contributed by atoms with Crippen LogP contribution >= 0.6 is 0 Å². The molecule has 19 heavy (non-hydrogen) atoms. The maximum atomic E-state index is 12.2. The summed E-state index contributed by atoms with van der Waals surface area (Å²) in [6.07, 6.45) is 0.268. The highest BCUT2D eigenvalue weighted by molar-refractivity contribution is 5.95. The van der Waals surface area contributed by atoms with Gasteiger partial charge >= 0.3 is 5.97 Å². The minimum absolute atomic E-state index is 0.0349. The van der Waals surface area contributed by atoms with Crippen LogP contribution in [0.1, 0.15) is 16.8 Å². The highest BCUT2D eigenvalue weighted by Crippen LogP contribution is 2.22. The maximum Gasteiger partial charge on any atom is 0.325 e. The molecule has 1 atom stereocenters. The Bertz CT molecular complexity index is 500. The molecule has 102 valence electrons. The number of likely N-dealkylation sites (tertiary alicyclic amines) is 1. The number of amides is 1. The SMILES string of the molecule is COc1ccc(C(=O)N2CC[C@](N)(C(=O)O)C2)cc1. The molecule has 2 rings (SSSR count). The van der Waals surface area contributed by atoms with Crippen molar-refractivity contribution in [2.75, 3.05) is 20.2 Å². The Morgan fingerprint density at radius 3 is 2.47 bits per heavy atom. The monoisotopic (exact) mass is 264 g/mol. The third kappa shape index (κ3) is 2.53. The van der Waals surface area contributed by atoms with E-state index in [0.29, 0.717) is 17.9 Å². The summed E-state index contributed by atoms with van der Waals surface area (Å²) in [5.41, 5.74) is 4.90. The summed E-state index contributed by atoms with van der Waals surface area (Å²) in [6, 6.07) is 6.68. The van der Waals surface area contributed by atoms with Gasteiger partial charge in [-0.05, 0) is 30.7 Å². The van der Waals surface area contributed by atoms with Crippen LogP contribution in [0, 0.1) is 0 Å². The van der Waals surface area contributed by atoms with Crippen molar-refractivity contribution in [1.82, 2.24) is 4.90 Å². The summed E-state index contributed by atoms with van der Waals surface area (Å²) < 4.78 is 5.02. The van der Waals surface area contributed by atoms with Crippen molar-refractivity contribution < 1.29 is 19.4 Å². The van der Waals surface area contributed by atoms with E-state index >= 15 is 0 Å². The Hall–Kier alpha value is -2.08. The van der Waals surface area contributed by atoms with E-state index in [0.717, 1.165) is 0 Å². The molecule has 1 aliphatic rings. The average Bonchev–Trinajstić information content (AvgIpc) is 2.82. The van der Waals surface area contributed by atoms with Gasteiger partial charge in [0.25, 0.3) is 5.91 Å². The number of carbonyl (C=O) groups is 2. The van der Waals surface area contributed by atoms with Crippen molar-refractivity contribution in [2.24, 2.45) is 5.73 Å². The van der Waals surface area contributed by atoms with Crippen LogP contribution in [0.5, 0.6) is 5.75 Å². The van der Waals surface area contributed by atoms with E-state index in [4.69, 9.17) is 15.6 Å². The molecule has 6 heteroatoms. The number of benzene rings is 1. The van der Waals surface area contributed by atoms with E-state index in [9.17, 15) is 9.59 Å². The molecule has 3 N–H and O–H groups in total. The number of hydrogen-bond acceptors (Lipinski definition) is 4. The molecule has 1 aromatic carbocycles. The number of methoxy groups -OCH3 is 1. The van der Waals surface area contributed by atoms with Crippen LogP contribution in [-0.4, -0.2) is 47.6 Å². The molecular weight excluding hydrogens is 248 g/mol. The van der Waals surface area contributed by atoms with Crippen LogP contribution in [0.25, 0.3) is 0 Å². The van der Waals surface area contributed by atoms with Crippen molar-refractivity contribution in [3.63, 3.8) is 0 Å². The van der Waals surface area contributed by atoms with Crippen molar-refractivity contribution >= 4 is 11.9 Å². The maximum absolute atomic E-state index is 12.2. The fraction of sp³-hybridized carbons (Fsp3) is 0.385. The van der Waals surface area contributed by atoms with Crippen LogP contribution < -0.4 is 10.5 Å². The lowest BCUT2D eigenvalue weighted by Gasteiger charge is -2.20. The van der Waals surface area contributed by atoms with Crippen molar-refractivity contribution in [3.05, 3.63) is 29.8 Å². The Labute approximate surface area is 110 Å². The normalized spacial score (nSPS) is 22.3. The smallest absolute Gasteiger partial charge is 0.325 e. The van der Waals surface area contributed by atoms with E-state index < -0.39 is 11.5 Å². The lowest BCUT2D eigenvalue weighted by Crippen LogP contribution is -2.50. The Kier molecular flexibility index (Phi) is 3.44. The third-order valence-corrected chi connectivity index (χ3v) is 3.35. The predicted octanol–water partition coefficient (Wildman–Crippen LogP) is 0.323. The van der Waals surface area contributed by atoms with E-state index in [1.807, 2.05) is 0 Å². The lowest BCUT2D eigenvalue weighted by molar-refractivity contribution is -0.142. The van der Waals surface area contributed by atoms with Crippen LogP contribution in [0.3, 0.4) is 0 Å². The van der Waals surface area contributed by atoms with Crippen LogP contribution in [0.15, 0.2) is 24.3 Å². The molecule has 0 bridgehead atoms. The minimum Gasteiger partial charge on any atom is -0.497 e. The van der Waals surface area contributed by atoms with E-state index in [-0.39, 0.29) is 18.9 Å². The Morgan fingerprint density at radius 2 is 2.00 bits per heavy atom. The molecule has 1 aliphatic heterocycles. The van der Waals surface area contributed by atoms with Crippen LogP contribution in [0.4, 0.5) is 0 Å². The molecule has 1 amide bonds. The summed E-state index contributed by atoms with van der Waals surface area (Å²) in [5, 5.41) is 9.03. The number of nitrogens with two attached hydrogens (primary N) is 1. The second-order valence-corrected chi connectivity index (χ2v) is 4.67. The molecule has 0 unspecified atom stereocenters. The molecule has 0 radical (unpaired) electrons. The van der Waals surface area contributed by atoms with E-state index in [1.54, 1.807) is 31.4 Å². The number of nitrogens with zero attached hydrogens (tertiary/aromatic N) is 1. The standard InChI is InChI=1S/C13H16N2O4/c1-19-10-4-2-9(3-5-10)11(16)15-7-6-13(14,8-15)12(17)18/h2-5H,6-8,14H2,1H3,(H,17,18)/t13-/m1/s1. The van der Waals surface area contributed by atoms with Gasteiger partial charge in [0.1, 0.15) is 11.3 Å². The number of aliphatic carboxylic acids is 1. The van der Waals surface area contributed by atoms with Gasteiger partial charge in [0.05, 0.1) is 7.11 Å². The molecule has 0 aliphatic carbocycles. The fourth-order valence-electron chi connectivity index (χ4n) is 2.10. The topological polar surface area (TPSA) is 92.9 Å². The molecule has 0 saturated carbocycles. The summed E-state index contributed by atoms with van der Waals surface area (Å²) in [6.45, 7) is 0.390. The zero-order valence-corrected chi connectivity index (χ0v) is 10.6. The van der Waals surface area contributed by atoms with Gasteiger partial charge < -0.3 is 20.5 Å². The summed E-state index contributed by atoms with van der Waals surface area (Å²) in [5.74, 6) is -0.620. The second kappa shape index (κ2) is 4.89. The van der Waals surface area contributed by atoms with Gasteiger partial charge in [-0.3, -0.25) is 9.59 Å². The van der Waals surface area contributed by atoms with Crippen LogP contribution in [-0.2, 0) is 4.79 Å². The first-order chi connectivity index (χ1) is 8.96. The van der Waals surface area contributed by atoms with Crippen molar-refractivity contribution in [3.8, 4) is 5.75 Å². The molecule has 0 aromatic heterocycles. The number of carboxylic acids is 1. The Balaban J connectivity index is 2.11. The first kappa shape index (κ1) is 13.4. The highest BCUT2D eigenvalue weighted by Gasteiger charge is 2.43. The van der Waals surface area contributed by atoms with Gasteiger partial charge in [0.2, 0.25) is 0 Å². The number of hydrogen-bond donors (Lipinski definition) is 2. The van der Waals surface area contributed by atoms with Gasteiger partial charge in [-0.1, -0.05) is 0 Å². The summed E-state index contributed by atoms with van der Waals surface area (Å²) >= 11 is 0. The van der Waals surface area contributed by atoms with Crippen molar-refractivity contribution in [1.29, 1.82) is 0 Å². The van der Waals surface area contributed by atoms with Gasteiger partial charge in [-0.2, -0.15) is 0 Å². The number of carbonyl (C=O) groups excluding carboxylic acids is 1. The van der Waals surface area contributed by atoms with Gasteiger partial charge in [-0.25, -0.2) is 0 Å². The van der Waals surface area contributed by atoms with Gasteiger partial charge in [0.15, 0.2) is 0 Å². The molecule has 6 nitrogen and oxygen atoms in total. The molecule has 1 saturated heterocycles. The zero-order valence-electron chi connectivity index (χ0n) is 10.6. The first-order valence-electron chi connectivity index (χ1n) is 5.92. The third-order valence-electron chi connectivity index (χ3n) is 3.35. The van der Waals surface area contributed by atoms with Gasteiger partial charge in [0, 0.05) is 18.7 Å². The lowest BCUT2D eigenvalue weighted by atomic mass is 10.0. The minimum atomic E-state index is -1.33. The zero-order chi connectivity index (χ0) is 14.0. The molecule has 1 aromatic rings. The first-order valence-corrected chi connectivity index (χ1v) is 5.92. The summed E-state index contributed by atoms with van der Waals surface area (Å²) in [4.78, 5) is 24.7. The summed E-state index contributed by atoms with van der Waals surface area (Å²) in [7, 11) is 1.55. The predicted molar refractivity (Wildman–Crippen MR) is 68.1 cm³/mol. The number of rotatable bonds is 3. The molecule has 1 heterocycles. The van der Waals surface area contributed by atoms with Gasteiger partial charge in [-0.15, -0.1) is 0 Å². The fourth-order valence-corrected chi connectivity index (χ4v) is 2.10. The Morgan fingerprint density at radius 1 is 1.37 bits per heavy atom. The average molecular weight is 264 g/mol. The molecular formula is C13H16N2O4. The molecule has 0 spiro atoms.